The van der Waals surface area contributed by atoms with E-state index in [4.69, 9.17) is 14.3 Å². The van der Waals surface area contributed by atoms with Crippen molar-refractivity contribution in [3.05, 3.63) is 52.6 Å². The third-order valence-corrected chi connectivity index (χ3v) is 5.40. The van der Waals surface area contributed by atoms with Gasteiger partial charge >= 0.3 is 5.69 Å². The van der Waals surface area contributed by atoms with Crippen LogP contribution in [0.25, 0.3) is 22.4 Å². The van der Waals surface area contributed by atoms with Crippen molar-refractivity contribution in [1.82, 2.24) is 9.55 Å². The fraction of sp³-hybridized carbons (Fsp3) is 0.455. The lowest BCUT2D eigenvalue weighted by molar-refractivity contribution is -0.0353. The van der Waals surface area contributed by atoms with Gasteiger partial charge in [-0.25, -0.2) is 9.18 Å². The van der Waals surface area contributed by atoms with Gasteiger partial charge in [0, 0.05) is 18.2 Å². The van der Waals surface area contributed by atoms with Crippen LogP contribution in [-0.2, 0) is 11.2 Å². The van der Waals surface area contributed by atoms with Crippen LogP contribution in [0.1, 0.15) is 44.4 Å². The normalized spacial score (nSPS) is 21.8. The van der Waals surface area contributed by atoms with Crippen LogP contribution >= 0.6 is 0 Å². The van der Waals surface area contributed by atoms with Crippen LogP contribution in [0.4, 0.5) is 4.39 Å². The number of benzene rings is 1. The van der Waals surface area contributed by atoms with Gasteiger partial charge in [0.1, 0.15) is 24.3 Å². The highest BCUT2D eigenvalue weighted by molar-refractivity contribution is 5.79. The summed E-state index contributed by atoms with van der Waals surface area (Å²) < 4.78 is 26.4. The van der Waals surface area contributed by atoms with E-state index in [9.17, 15) is 9.18 Å². The average molecular weight is 400 g/mol. The van der Waals surface area contributed by atoms with E-state index in [2.05, 4.69) is 24.0 Å². The average Bonchev–Trinajstić information content (AvgIpc) is 3.30. The van der Waals surface area contributed by atoms with Crippen LogP contribution in [0.3, 0.4) is 0 Å². The Morgan fingerprint density at radius 1 is 1.28 bits per heavy atom. The first-order valence-electron chi connectivity index (χ1n) is 10.1. The number of fused-ring (bicyclic) bond motifs is 1. The summed E-state index contributed by atoms with van der Waals surface area (Å²) in [4.78, 5) is 16.3. The monoisotopic (exact) mass is 400 g/mol. The van der Waals surface area contributed by atoms with Crippen molar-refractivity contribution in [3.63, 3.8) is 0 Å². The standard InChI is InChI=1S/C22H25FN2O4/c1-2-3-4-5-14-6-8-15(9-7-14)18-10-16-12-25(22(27)24-21(16)29-18)20-11-17(23)19(13-26)28-20/h6-10,12,17,19-20,26H,2-5,11,13H2,1H3. The number of ether oxygens (including phenoxy) is 1. The van der Waals surface area contributed by atoms with Gasteiger partial charge in [0.25, 0.3) is 0 Å². The minimum absolute atomic E-state index is 0.00250. The van der Waals surface area contributed by atoms with Crippen molar-refractivity contribution < 1.29 is 18.7 Å². The lowest BCUT2D eigenvalue weighted by atomic mass is 10.0. The number of furan rings is 1. The molecule has 1 fully saturated rings. The van der Waals surface area contributed by atoms with Gasteiger partial charge in [-0.1, -0.05) is 44.0 Å². The molecule has 7 heteroatoms. The molecule has 0 radical (unpaired) electrons. The summed E-state index contributed by atoms with van der Waals surface area (Å²) >= 11 is 0. The van der Waals surface area contributed by atoms with Crippen molar-refractivity contribution in [2.75, 3.05) is 6.61 Å². The number of aryl methyl sites for hydroxylation is 1. The molecule has 3 heterocycles. The minimum Gasteiger partial charge on any atom is -0.437 e. The highest BCUT2D eigenvalue weighted by Gasteiger charge is 2.36. The summed E-state index contributed by atoms with van der Waals surface area (Å²) in [5.41, 5.74) is 1.86. The maximum absolute atomic E-state index is 13.9. The van der Waals surface area contributed by atoms with E-state index in [-0.39, 0.29) is 12.1 Å². The first-order chi connectivity index (χ1) is 14.1. The van der Waals surface area contributed by atoms with Crippen molar-refractivity contribution in [2.45, 2.75) is 57.5 Å². The van der Waals surface area contributed by atoms with Crippen LogP contribution in [0.2, 0.25) is 0 Å². The van der Waals surface area contributed by atoms with Gasteiger partial charge in [-0.2, -0.15) is 4.98 Å². The first kappa shape index (κ1) is 19.8. The van der Waals surface area contributed by atoms with Gasteiger partial charge in [-0.05, 0) is 24.5 Å². The predicted molar refractivity (Wildman–Crippen MR) is 107 cm³/mol. The smallest absolute Gasteiger partial charge is 0.353 e. The quantitative estimate of drug-likeness (QED) is 0.607. The number of aliphatic hydroxyl groups excluding tert-OH is 1. The topological polar surface area (TPSA) is 77.5 Å². The number of nitrogens with zero attached hydrogens (tertiary/aromatic N) is 2. The molecule has 3 atom stereocenters. The fourth-order valence-electron chi connectivity index (χ4n) is 3.71. The Bertz CT molecular complexity index is 1030. The third-order valence-electron chi connectivity index (χ3n) is 5.40. The fourth-order valence-corrected chi connectivity index (χ4v) is 3.71. The number of rotatable bonds is 7. The van der Waals surface area contributed by atoms with Gasteiger partial charge in [0.15, 0.2) is 0 Å². The lowest BCUT2D eigenvalue weighted by Crippen LogP contribution is -2.27. The molecule has 1 aliphatic heterocycles. The maximum atomic E-state index is 13.9. The lowest BCUT2D eigenvalue weighted by Gasteiger charge is -2.13. The van der Waals surface area contributed by atoms with Gasteiger partial charge in [0.2, 0.25) is 5.71 Å². The zero-order chi connectivity index (χ0) is 20.4. The molecule has 2 aromatic heterocycles. The van der Waals surface area contributed by atoms with E-state index in [0.29, 0.717) is 11.1 Å². The minimum atomic E-state index is -1.32. The van der Waals surface area contributed by atoms with Crippen molar-refractivity contribution >= 4 is 11.1 Å². The van der Waals surface area contributed by atoms with E-state index < -0.39 is 30.8 Å². The number of alkyl halides is 1. The van der Waals surface area contributed by atoms with Crippen molar-refractivity contribution in [1.29, 1.82) is 0 Å². The van der Waals surface area contributed by atoms with Crippen molar-refractivity contribution in [3.8, 4) is 11.3 Å². The Morgan fingerprint density at radius 3 is 2.76 bits per heavy atom. The molecule has 29 heavy (non-hydrogen) atoms. The Hall–Kier alpha value is -2.51. The number of unbranched alkanes of at least 4 members (excludes halogenated alkanes) is 2. The predicted octanol–water partition coefficient (Wildman–Crippen LogP) is 4.01. The molecule has 0 bridgehead atoms. The number of hydrogen-bond acceptors (Lipinski definition) is 5. The molecule has 0 aliphatic carbocycles. The van der Waals surface area contributed by atoms with Crippen LogP contribution in [0, 0.1) is 0 Å². The molecule has 0 amide bonds. The number of aromatic nitrogens is 2. The van der Waals surface area contributed by atoms with Crippen LogP contribution in [0.5, 0.6) is 0 Å². The van der Waals surface area contributed by atoms with Crippen molar-refractivity contribution in [2.24, 2.45) is 0 Å². The van der Waals surface area contributed by atoms with E-state index in [1.807, 2.05) is 18.2 Å². The zero-order valence-electron chi connectivity index (χ0n) is 16.4. The molecular formula is C22H25FN2O4. The molecule has 3 aromatic rings. The summed E-state index contributed by atoms with van der Waals surface area (Å²) in [6.45, 7) is 1.77. The summed E-state index contributed by atoms with van der Waals surface area (Å²) in [5, 5.41) is 9.81. The van der Waals surface area contributed by atoms with Crippen LogP contribution in [-0.4, -0.2) is 33.5 Å². The van der Waals surface area contributed by atoms with E-state index >= 15 is 0 Å². The van der Waals surface area contributed by atoms with Gasteiger partial charge in [-0.3, -0.25) is 4.57 Å². The summed E-state index contributed by atoms with van der Waals surface area (Å²) in [7, 11) is 0. The Labute approximate surface area is 167 Å². The molecule has 0 spiro atoms. The summed E-state index contributed by atoms with van der Waals surface area (Å²) in [6.07, 6.45) is 3.22. The molecule has 1 aliphatic rings. The molecule has 154 valence electrons. The number of aliphatic hydroxyl groups is 1. The largest absolute Gasteiger partial charge is 0.437 e. The van der Waals surface area contributed by atoms with Gasteiger partial charge in [-0.15, -0.1) is 0 Å². The van der Waals surface area contributed by atoms with E-state index in [0.717, 1.165) is 12.0 Å². The zero-order valence-corrected chi connectivity index (χ0v) is 16.4. The number of hydrogen-bond donors (Lipinski definition) is 1. The molecule has 1 aromatic carbocycles. The second-order valence-corrected chi connectivity index (χ2v) is 7.52. The molecule has 4 rings (SSSR count). The third kappa shape index (κ3) is 4.11. The molecule has 1 N–H and O–H groups in total. The summed E-state index contributed by atoms with van der Waals surface area (Å²) in [6, 6.07) is 10.0. The second kappa shape index (κ2) is 8.47. The highest BCUT2D eigenvalue weighted by atomic mass is 19.1. The SMILES string of the molecule is CCCCCc1ccc(-c2cc3cn(C4CC(F)C(CO)O4)c(=O)nc3o2)cc1. The maximum Gasteiger partial charge on any atom is 0.353 e. The molecule has 1 saturated heterocycles. The van der Waals surface area contributed by atoms with E-state index in [1.54, 1.807) is 6.20 Å². The highest BCUT2D eigenvalue weighted by Crippen LogP contribution is 2.31. The Balaban J connectivity index is 1.58. The Kier molecular flexibility index (Phi) is 5.78. The molecule has 3 unspecified atom stereocenters. The van der Waals surface area contributed by atoms with Gasteiger partial charge in [0.05, 0.1) is 12.0 Å². The first-order valence-corrected chi connectivity index (χ1v) is 10.1. The second-order valence-electron chi connectivity index (χ2n) is 7.52. The van der Waals surface area contributed by atoms with E-state index in [1.165, 1.54) is 29.4 Å². The van der Waals surface area contributed by atoms with Crippen LogP contribution in [0.15, 0.2) is 45.7 Å². The number of halogens is 1. The Morgan fingerprint density at radius 2 is 2.07 bits per heavy atom. The molecule has 0 saturated carbocycles. The van der Waals surface area contributed by atoms with Gasteiger partial charge < -0.3 is 14.3 Å². The molecular weight excluding hydrogens is 375 g/mol. The molecule has 6 nitrogen and oxygen atoms in total. The van der Waals surface area contributed by atoms with Crippen LogP contribution < -0.4 is 5.69 Å². The summed E-state index contributed by atoms with van der Waals surface area (Å²) in [5.74, 6) is 0.619.